The van der Waals surface area contributed by atoms with Crippen LogP contribution in [0.3, 0.4) is 0 Å². The first-order valence-electron chi connectivity index (χ1n) is 6.01. The molecule has 1 aromatic rings. The van der Waals surface area contributed by atoms with Crippen molar-refractivity contribution in [3.05, 3.63) is 12.4 Å². The van der Waals surface area contributed by atoms with E-state index in [4.69, 9.17) is 4.74 Å². The smallest absolute Gasteiger partial charge is 0.203 e. The molecule has 1 N–H and O–H groups in total. The Bertz CT molecular complexity index is 294. The molecule has 0 bridgehead atoms. The molecule has 1 atom stereocenters. The van der Waals surface area contributed by atoms with E-state index in [2.05, 4.69) is 35.6 Å². The minimum atomic E-state index is 0.310. The van der Waals surface area contributed by atoms with Crippen LogP contribution in [-0.4, -0.2) is 29.3 Å². The SMILES string of the molecule is CCC(CC)Nc1nccn1C(C)COC. The summed E-state index contributed by atoms with van der Waals surface area (Å²) in [5.41, 5.74) is 0. The Kier molecular flexibility index (Phi) is 5.32. The second-order valence-corrected chi connectivity index (χ2v) is 4.12. The van der Waals surface area contributed by atoms with Gasteiger partial charge in [-0.3, -0.25) is 0 Å². The summed E-state index contributed by atoms with van der Waals surface area (Å²) in [4.78, 5) is 4.35. The van der Waals surface area contributed by atoms with Gasteiger partial charge in [0.2, 0.25) is 5.95 Å². The summed E-state index contributed by atoms with van der Waals surface area (Å²) in [6.45, 7) is 7.21. The summed E-state index contributed by atoms with van der Waals surface area (Å²) in [7, 11) is 1.72. The highest BCUT2D eigenvalue weighted by atomic mass is 16.5. The number of methoxy groups -OCH3 is 1. The molecule has 4 heteroatoms. The van der Waals surface area contributed by atoms with Crippen molar-refractivity contribution < 1.29 is 4.74 Å². The molecule has 1 unspecified atom stereocenters. The van der Waals surface area contributed by atoms with Crippen LogP contribution in [0.25, 0.3) is 0 Å². The van der Waals surface area contributed by atoms with Gasteiger partial charge in [-0.15, -0.1) is 0 Å². The van der Waals surface area contributed by atoms with Crippen molar-refractivity contribution in [1.82, 2.24) is 9.55 Å². The minimum Gasteiger partial charge on any atom is -0.383 e. The Morgan fingerprint density at radius 1 is 1.44 bits per heavy atom. The van der Waals surface area contributed by atoms with E-state index in [0.29, 0.717) is 18.7 Å². The lowest BCUT2D eigenvalue weighted by atomic mass is 10.2. The zero-order chi connectivity index (χ0) is 12.0. The molecule has 0 amide bonds. The molecule has 0 aliphatic carbocycles. The third-order valence-electron chi connectivity index (χ3n) is 2.87. The second-order valence-electron chi connectivity index (χ2n) is 4.12. The Balaban J connectivity index is 2.69. The van der Waals surface area contributed by atoms with Gasteiger partial charge in [0.15, 0.2) is 0 Å². The summed E-state index contributed by atoms with van der Waals surface area (Å²) >= 11 is 0. The van der Waals surface area contributed by atoms with Crippen LogP contribution in [0, 0.1) is 0 Å². The number of nitrogens with one attached hydrogen (secondary N) is 1. The summed E-state index contributed by atoms with van der Waals surface area (Å²) < 4.78 is 7.29. The molecule has 0 spiro atoms. The second kappa shape index (κ2) is 6.53. The molecule has 0 fully saturated rings. The highest BCUT2D eigenvalue weighted by Gasteiger charge is 2.12. The van der Waals surface area contributed by atoms with Gasteiger partial charge in [-0.1, -0.05) is 13.8 Å². The topological polar surface area (TPSA) is 39.1 Å². The van der Waals surface area contributed by atoms with Gasteiger partial charge < -0.3 is 14.6 Å². The lowest BCUT2D eigenvalue weighted by Gasteiger charge is -2.20. The van der Waals surface area contributed by atoms with Crippen molar-refractivity contribution in [2.75, 3.05) is 19.0 Å². The maximum atomic E-state index is 5.16. The van der Waals surface area contributed by atoms with Crippen LogP contribution < -0.4 is 5.32 Å². The highest BCUT2D eigenvalue weighted by molar-refractivity contribution is 5.28. The first-order chi connectivity index (χ1) is 7.72. The third kappa shape index (κ3) is 3.23. The van der Waals surface area contributed by atoms with Crippen molar-refractivity contribution in [3.8, 4) is 0 Å². The number of rotatable bonds is 7. The van der Waals surface area contributed by atoms with Crippen molar-refractivity contribution in [2.24, 2.45) is 0 Å². The summed E-state index contributed by atoms with van der Waals surface area (Å²) in [5.74, 6) is 0.943. The average molecular weight is 225 g/mol. The van der Waals surface area contributed by atoms with E-state index in [1.807, 2.05) is 12.4 Å². The van der Waals surface area contributed by atoms with E-state index in [0.717, 1.165) is 18.8 Å². The molecule has 0 saturated heterocycles. The molecule has 92 valence electrons. The maximum Gasteiger partial charge on any atom is 0.203 e. The van der Waals surface area contributed by atoms with Crippen LogP contribution in [0.15, 0.2) is 12.4 Å². The van der Waals surface area contributed by atoms with Gasteiger partial charge in [-0.05, 0) is 19.8 Å². The molecule has 1 heterocycles. The summed E-state index contributed by atoms with van der Waals surface area (Å²) in [5, 5.41) is 3.46. The molecule has 0 aromatic carbocycles. The monoisotopic (exact) mass is 225 g/mol. The van der Waals surface area contributed by atoms with E-state index in [-0.39, 0.29) is 0 Å². The molecule has 4 nitrogen and oxygen atoms in total. The Hall–Kier alpha value is -1.03. The summed E-state index contributed by atoms with van der Waals surface area (Å²) in [6, 6.07) is 0.806. The van der Waals surface area contributed by atoms with Gasteiger partial charge >= 0.3 is 0 Å². The highest BCUT2D eigenvalue weighted by Crippen LogP contribution is 2.15. The van der Waals surface area contributed by atoms with E-state index in [9.17, 15) is 0 Å². The molecule has 0 radical (unpaired) electrons. The molecular formula is C12H23N3O. The lowest BCUT2D eigenvalue weighted by molar-refractivity contribution is 0.163. The largest absolute Gasteiger partial charge is 0.383 e. The van der Waals surface area contributed by atoms with Crippen molar-refractivity contribution in [2.45, 2.75) is 45.7 Å². The quantitative estimate of drug-likeness (QED) is 0.775. The number of anilines is 1. The Morgan fingerprint density at radius 2 is 2.12 bits per heavy atom. The maximum absolute atomic E-state index is 5.16. The number of imidazole rings is 1. The normalized spacial score (nSPS) is 13.1. The van der Waals surface area contributed by atoms with Crippen LogP contribution >= 0.6 is 0 Å². The van der Waals surface area contributed by atoms with Crippen molar-refractivity contribution >= 4 is 5.95 Å². The van der Waals surface area contributed by atoms with Gasteiger partial charge in [-0.2, -0.15) is 0 Å². The van der Waals surface area contributed by atoms with Gasteiger partial charge in [0.1, 0.15) is 0 Å². The third-order valence-corrected chi connectivity index (χ3v) is 2.87. The van der Waals surface area contributed by atoms with Crippen LogP contribution in [0.1, 0.15) is 39.7 Å². The van der Waals surface area contributed by atoms with Crippen molar-refractivity contribution in [3.63, 3.8) is 0 Å². The van der Waals surface area contributed by atoms with Crippen LogP contribution in [0.2, 0.25) is 0 Å². The minimum absolute atomic E-state index is 0.310. The number of hydrogen-bond acceptors (Lipinski definition) is 3. The average Bonchev–Trinajstić information content (AvgIpc) is 2.74. The Morgan fingerprint density at radius 3 is 2.69 bits per heavy atom. The van der Waals surface area contributed by atoms with Crippen molar-refractivity contribution in [1.29, 1.82) is 0 Å². The zero-order valence-corrected chi connectivity index (χ0v) is 10.7. The van der Waals surface area contributed by atoms with Crippen LogP contribution in [-0.2, 0) is 4.74 Å². The van der Waals surface area contributed by atoms with Crippen LogP contribution in [0.4, 0.5) is 5.95 Å². The first kappa shape index (κ1) is 13.0. The van der Waals surface area contributed by atoms with E-state index < -0.39 is 0 Å². The molecular weight excluding hydrogens is 202 g/mol. The summed E-state index contributed by atoms with van der Waals surface area (Å²) in [6.07, 6.45) is 6.05. The van der Waals surface area contributed by atoms with E-state index in [1.165, 1.54) is 0 Å². The zero-order valence-electron chi connectivity index (χ0n) is 10.7. The Labute approximate surface area is 98.0 Å². The molecule has 0 saturated carbocycles. The lowest BCUT2D eigenvalue weighted by Crippen LogP contribution is -2.22. The van der Waals surface area contributed by atoms with E-state index in [1.54, 1.807) is 7.11 Å². The molecule has 1 aromatic heterocycles. The number of nitrogens with zero attached hydrogens (tertiary/aromatic N) is 2. The molecule has 0 aliphatic heterocycles. The van der Waals surface area contributed by atoms with Gasteiger partial charge in [0.25, 0.3) is 0 Å². The molecule has 16 heavy (non-hydrogen) atoms. The fourth-order valence-electron chi connectivity index (χ4n) is 1.78. The predicted octanol–water partition coefficient (Wildman–Crippen LogP) is 2.69. The van der Waals surface area contributed by atoms with Crippen LogP contribution in [0.5, 0.6) is 0 Å². The number of ether oxygens (including phenoxy) is 1. The standard InChI is InChI=1S/C12H23N3O/c1-5-11(6-2)14-12-13-7-8-15(12)10(3)9-16-4/h7-8,10-11H,5-6,9H2,1-4H3,(H,13,14). The van der Waals surface area contributed by atoms with Gasteiger partial charge in [0.05, 0.1) is 12.6 Å². The molecule has 1 rings (SSSR count). The number of hydrogen-bond donors (Lipinski definition) is 1. The fraction of sp³-hybridized carbons (Fsp3) is 0.750. The van der Waals surface area contributed by atoms with E-state index >= 15 is 0 Å². The van der Waals surface area contributed by atoms with Gasteiger partial charge in [0, 0.05) is 25.5 Å². The molecule has 0 aliphatic rings. The number of aromatic nitrogens is 2. The predicted molar refractivity (Wildman–Crippen MR) is 66.8 cm³/mol. The van der Waals surface area contributed by atoms with Gasteiger partial charge in [-0.25, -0.2) is 4.98 Å². The fourth-order valence-corrected chi connectivity index (χ4v) is 1.78. The first-order valence-corrected chi connectivity index (χ1v) is 6.01.